The van der Waals surface area contributed by atoms with Gasteiger partial charge in [-0.05, 0) is 48.4 Å². The van der Waals surface area contributed by atoms with E-state index in [0.29, 0.717) is 0 Å². The van der Waals surface area contributed by atoms with Crippen molar-refractivity contribution in [3.8, 4) is 11.1 Å². The van der Waals surface area contributed by atoms with E-state index in [9.17, 15) is 0 Å². The first-order valence-corrected chi connectivity index (χ1v) is 5.86. The molecule has 3 heteroatoms. The molecule has 1 aliphatic rings. The molecule has 1 aromatic carbocycles. The summed E-state index contributed by atoms with van der Waals surface area (Å²) in [6.45, 7) is 2.08. The Morgan fingerprint density at radius 2 is 2.24 bits per heavy atom. The van der Waals surface area contributed by atoms with Crippen molar-refractivity contribution in [2.45, 2.75) is 13.0 Å². The van der Waals surface area contributed by atoms with Crippen LogP contribution in [0.2, 0.25) is 0 Å². The van der Waals surface area contributed by atoms with Gasteiger partial charge < -0.3 is 15.1 Å². The molecule has 2 aromatic rings. The zero-order valence-corrected chi connectivity index (χ0v) is 9.94. The van der Waals surface area contributed by atoms with Crippen molar-refractivity contribution >= 4 is 5.69 Å². The van der Waals surface area contributed by atoms with Crippen LogP contribution in [0.15, 0.2) is 35.1 Å². The summed E-state index contributed by atoms with van der Waals surface area (Å²) in [4.78, 5) is 2.32. The third kappa shape index (κ3) is 1.83. The van der Waals surface area contributed by atoms with Crippen LogP contribution >= 0.6 is 0 Å². The molecule has 0 fully saturated rings. The molecule has 0 unspecified atom stereocenters. The van der Waals surface area contributed by atoms with Crippen molar-refractivity contribution in [3.05, 3.63) is 41.9 Å². The lowest BCUT2D eigenvalue weighted by molar-refractivity contribution is 0.313. The molecule has 0 saturated heterocycles. The standard InChI is InChI=1S/C14H16N2O/c1-16-4-2-13-11(8-16)6-12(15)7-14(13)10-3-5-17-9-10/h3,5-7,9H,2,4,8,15H2,1H3. The fourth-order valence-electron chi connectivity index (χ4n) is 2.54. The highest BCUT2D eigenvalue weighted by molar-refractivity contribution is 5.72. The van der Waals surface area contributed by atoms with E-state index in [0.717, 1.165) is 30.8 Å². The zero-order chi connectivity index (χ0) is 11.8. The molecule has 0 amide bonds. The van der Waals surface area contributed by atoms with Gasteiger partial charge in [0.2, 0.25) is 0 Å². The monoisotopic (exact) mass is 228 g/mol. The minimum atomic E-state index is 0.829. The van der Waals surface area contributed by atoms with E-state index in [1.165, 1.54) is 16.7 Å². The van der Waals surface area contributed by atoms with Gasteiger partial charge in [0.15, 0.2) is 0 Å². The van der Waals surface area contributed by atoms with Crippen LogP contribution in [0.1, 0.15) is 11.1 Å². The van der Waals surface area contributed by atoms with Crippen molar-refractivity contribution < 1.29 is 4.42 Å². The minimum absolute atomic E-state index is 0.829. The molecule has 0 spiro atoms. The number of nitrogens with two attached hydrogens (primary N) is 1. The Bertz CT molecular complexity index is 531. The third-order valence-electron chi connectivity index (χ3n) is 3.38. The average molecular weight is 228 g/mol. The molecule has 88 valence electrons. The predicted molar refractivity (Wildman–Crippen MR) is 68.6 cm³/mol. The lowest BCUT2D eigenvalue weighted by atomic mass is 9.91. The molecular weight excluding hydrogens is 212 g/mol. The van der Waals surface area contributed by atoms with Crippen molar-refractivity contribution in [3.63, 3.8) is 0 Å². The maximum atomic E-state index is 5.99. The van der Waals surface area contributed by atoms with E-state index in [1.54, 1.807) is 12.5 Å². The molecule has 3 nitrogen and oxygen atoms in total. The first kappa shape index (κ1) is 10.4. The lowest BCUT2D eigenvalue weighted by Crippen LogP contribution is -2.27. The molecule has 0 aliphatic carbocycles. The Morgan fingerprint density at radius 1 is 1.35 bits per heavy atom. The number of nitrogen functional groups attached to an aromatic ring is 1. The topological polar surface area (TPSA) is 42.4 Å². The van der Waals surface area contributed by atoms with Crippen LogP contribution in [0.25, 0.3) is 11.1 Å². The third-order valence-corrected chi connectivity index (χ3v) is 3.38. The Hall–Kier alpha value is -1.74. The average Bonchev–Trinajstić information content (AvgIpc) is 2.80. The second-order valence-corrected chi connectivity index (χ2v) is 4.71. The number of hydrogen-bond donors (Lipinski definition) is 1. The second-order valence-electron chi connectivity index (χ2n) is 4.71. The van der Waals surface area contributed by atoms with E-state index >= 15 is 0 Å². The fourth-order valence-corrected chi connectivity index (χ4v) is 2.54. The lowest BCUT2D eigenvalue weighted by Gasteiger charge is -2.27. The van der Waals surface area contributed by atoms with Crippen LogP contribution in [0.4, 0.5) is 5.69 Å². The summed E-state index contributed by atoms with van der Waals surface area (Å²) in [7, 11) is 2.14. The molecular formula is C14H16N2O. The molecule has 1 aromatic heterocycles. The number of benzene rings is 1. The number of rotatable bonds is 1. The number of nitrogens with zero attached hydrogens (tertiary/aromatic N) is 1. The Labute approximate surface area is 101 Å². The number of fused-ring (bicyclic) bond motifs is 1. The Balaban J connectivity index is 2.16. The van der Waals surface area contributed by atoms with E-state index in [2.05, 4.69) is 24.1 Å². The minimum Gasteiger partial charge on any atom is -0.472 e. The quantitative estimate of drug-likeness (QED) is 0.763. The van der Waals surface area contributed by atoms with Crippen molar-refractivity contribution in [2.75, 3.05) is 19.3 Å². The van der Waals surface area contributed by atoms with E-state index in [4.69, 9.17) is 10.2 Å². The number of likely N-dealkylation sites (N-methyl/N-ethyl adjacent to an activating group) is 1. The van der Waals surface area contributed by atoms with Crippen LogP contribution < -0.4 is 5.73 Å². The van der Waals surface area contributed by atoms with E-state index in [-0.39, 0.29) is 0 Å². The SMILES string of the molecule is CN1CCc2c(cc(N)cc2-c2ccoc2)C1. The number of anilines is 1. The van der Waals surface area contributed by atoms with Crippen LogP contribution in [-0.4, -0.2) is 18.5 Å². The van der Waals surface area contributed by atoms with E-state index in [1.807, 2.05) is 6.07 Å². The van der Waals surface area contributed by atoms with Crippen LogP contribution in [0.3, 0.4) is 0 Å². The first-order chi connectivity index (χ1) is 8.24. The van der Waals surface area contributed by atoms with Gasteiger partial charge in [-0.1, -0.05) is 0 Å². The summed E-state index contributed by atoms with van der Waals surface area (Å²) in [5.74, 6) is 0. The summed E-state index contributed by atoms with van der Waals surface area (Å²) >= 11 is 0. The molecule has 0 radical (unpaired) electrons. The van der Waals surface area contributed by atoms with Gasteiger partial charge in [0, 0.05) is 24.3 Å². The maximum absolute atomic E-state index is 5.99. The first-order valence-electron chi connectivity index (χ1n) is 5.86. The molecule has 3 rings (SSSR count). The van der Waals surface area contributed by atoms with Crippen LogP contribution in [0, 0.1) is 0 Å². The summed E-state index contributed by atoms with van der Waals surface area (Å²) in [5, 5.41) is 0. The van der Waals surface area contributed by atoms with Gasteiger partial charge in [0.1, 0.15) is 0 Å². The maximum Gasteiger partial charge on any atom is 0.0981 e. The van der Waals surface area contributed by atoms with Crippen molar-refractivity contribution in [2.24, 2.45) is 0 Å². The molecule has 1 aliphatic heterocycles. The number of furan rings is 1. The Morgan fingerprint density at radius 3 is 3.00 bits per heavy atom. The molecule has 0 bridgehead atoms. The van der Waals surface area contributed by atoms with Gasteiger partial charge in [0.25, 0.3) is 0 Å². The Kier molecular flexibility index (Phi) is 2.41. The van der Waals surface area contributed by atoms with Crippen molar-refractivity contribution in [1.29, 1.82) is 0 Å². The van der Waals surface area contributed by atoms with Crippen molar-refractivity contribution in [1.82, 2.24) is 4.90 Å². The van der Waals surface area contributed by atoms with Gasteiger partial charge >= 0.3 is 0 Å². The van der Waals surface area contributed by atoms with Crippen LogP contribution in [0.5, 0.6) is 0 Å². The van der Waals surface area contributed by atoms with Gasteiger partial charge in [-0.2, -0.15) is 0 Å². The summed E-state index contributed by atoms with van der Waals surface area (Å²) in [6, 6.07) is 6.14. The van der Waals surface area contributed by atoms with Gasteiger partial charge in [0.05, 0.1) is 12.5 Å². The summed E-state index contributed by atoms with van der Waals surface area (Å²) in [6.07, 6.45) is 4.57. The highest BCUT2D eigenvalue weighted by Crippen LogP contribution is 2.32. The number of hydrogen-bond acceptors (Lipinski definition) is 3. The van der Waals surface area contributed by atoms with Gasteiger partial charge in [-0.3, -0.25) is 0 Å². The molecule has 0 atom stereocenters. The second kappa shape index (κ2) is 3.93. The normalized spacial score (nSPS) is 15.8. The summed E-state index contributed by atoms with van der Waals surface area (Å²) < 4.78 is 5.17. The molecule has 2 N–H and O–H groups in total. The highest BCUT2D eigenvalue weighted by Gasteiger charge is 2.18. The smallest absolute Gasteiger partial charge is 0.0981 e. The predicted octanol–water partition coefficient (Wildman–Crippen LogP) is 2.52. The highest BCUT2D eigenvalue weighted by atomic mass is 16.3. The summed E-state index contributed by atoms with van der Waals surface area (Å²) in [5.41, 5.74) is 11.9. The van der Waals surface area contributed by atoms with Gasteiger partial charge in [-0.15, -0.1) is 0 Å². The van der Waals surface area contributed by atoms with Gasteiger partial charge in [-0.25, -0.2) is 0 Å². The molecule has 2 heterocycles. The fraction of sp³-hybridized carbons (Fsp3) is 0.286. The van der Waals surface area contributed by atoms with E-state index < -0.39 is 0 Å². The largest absolute Gasteiger partial charge is 0.472 e. The molecule has 0 saturated carbocycles. The van der Waals surface area contributed by atoms with Crippen LogP contribution in [-0.2, 0) is 13.0 Å². The molecule has 17 heavy (non-hydrogen) atoms. The zero-order valence-electron chi connectivity index (χ0n) is 9.94.